The van der Waals surface area contributed by atoms with Crippen molar-refractivity contribution in [3.63, 3.8) is 0 Å². The minimum absolute atomic E-state index is 0.849. The highest BCUT2D eigenvalue weighted by atomic mass is 28.3. The lowest BCUT2D eigenvalue weighted by molar-refractivity contribution is 0.810. The Bertz CT molecular complexity index is 140. The molecule has 0 unspecified atom stereocenters. The third-order valence-corrected chi connectivity index (χ3v) is 3.48. The largest absolute Gasteiger partial charge is 0.0859 e. The van der Waals surface area contributed by atoms with Gasteiger partial charge in [-0.25, -0.2) is 0 Å². The molecule has 0 aromatic carbocycles. The van der Waals surface area contributed by atoms with E-state index < -0.39 is 8.07 Å². The number of unbranched alkanes of at least 4 members (excludes halogenated alkanes) is 2. The van der Waals surface area contributed by atoms with Crippen molar-refractivity contribution in [3.05, 3.63) is 11.6 Å². The first-order valence-corrected chi connectivity index (χ1v) is 8.82. The lowest BCUT2D eigenvalue weighted by Gasteiger charge is -2.15. The van der Waals surface area contributed by atoms with E-state index in [1.807, 2.05) is 0 Å². The molecule has 0 aliphatic carbocycles. The van der Waals surface area contributed by atoms with E-state index in [2.05, 4.69) is 39.6 Å². The summed E-state index contributed by atoms with van der Waals surface area (Å²) in [5.74, 6) is 0. The van der Waals surface area contributed by atoms with Crippen LogP contribution in [-0.4, -0.2) is 8.07 Å². The minimum Gasteiger partial charge on any atom is -0.0859 e. The van der Waals surface area contributed by atoms with E-state index >= 15 is 0 Å². The van der Waals surface area contributed by atoms with E-state index in [4.69, 9.17) is 0 Å². The molecular weight excluding hydrogens is 160 g/mol. The fourth-order valence-corrected chi connectivity index (χ4v) is 3.28. The molecule has 0 nitrogen and oxygen atoms in total. The van der Waals surface area contributed by atoms with Gasteiger partial charge in [0.25, 0.3) is 0 Å². The summed E-state index contributed by atoms with van der Waals surface area (Å²) in [4.78, 5) is 0. The van der Waals surface area contributed by atoms with Gasteiger partial charge in [-0.05, 0) is 19.4 Å². The maximum Gasteiger partial charge on any atom is 0.0483 e. The summed E-state index contributed by atoms with van der Waals surface area (Å²) in [5.41, 5.74) is 1.61. The summed E-state index contributed by atoms with van der Waals surface area (Å²) in [7, 11) is -0.849. The molecule has 0 bridgehead atoms. The number of rotatable bonds is 5. The molecule has 0 heterocycles. The van der Waals surface area contributed by atoms with E-state index in [0.717, 1.165) is 0 Å². The lowest BCUT2D eigenvalue weighted by atomic mass is 10.2. The Morgan fingerprint density at radius 2 is 1.83 bits per heavy atom. The monoisotopic (exact) mass is 184 g/mol. The molecule has 1 heteroatoms. The highest BCUT2D eigenvalue weighted by Gasteiger charge is 2.12. The first-order chi connectivity index (χ1) is 5.45. The molecule has 0 aliphatic heterocycles. The summed E-state index contributed by atoms with van der Waals surface area (Å²) in [6.07, 6.45) is 6.38. The van der Waals surface area contributed by atoms with Gasteiger partial charge in [-0.1, -0.05) is 51.1 Å². The van der Waals surface area contributed by atoms with Gasteiger partial charge in [0.05, 0.1) is 0 Å². The van der Waals surface area contributed by atoms with Crippen LogP contribution in [0.1, 0.15) is 33.1 Å². The summed E-state index contributed by atoms with van der Waals surface area (Å²) < 4.78 is 0. The van der Waals surface area contributed by atoms with Crippen LogP contribution in [-0.2, 0) is 0 Å². The first kappa shape index (κ1) is 12.0. The molecule has 0 aromatic heterocycles. The average molecular weight is 184 g/mol. The van der Waals surface area contributed by atoms with Gasteiger partial charge in [-0.15, -0.1) is 0 Å². The third-order valence-electron chi connectivity index (χ3n) is 1.86. The first-order valence-electron chi connectivity index (χ1n) is 5.11. The van der Waals surface area contributed by atoms with E-state index in [0.29, 0.717) is 0 Å². The van der Waals surface area contributed by atoms with Crippen LogP contribution in [0.25, 0.3) is 0 Å². The van der Waals surface area contributed by atoms with Crippen molar-refractivity contribution in [2.24, 2.45) is 0 Å². The molecule has 12 heavy (non-hydrogen) atoms. The summed E-state index contributed by atoms with van der Waals surface area (Å²) in [6, 6.07) is 1.37. The molecule has 0 aromatic rings. The SMILES string of the molecule is CCCC/C=C(\C)C[Si](C)(C)C. The molecule has 0 aliphatic rings. The minimum atomic E-state index is -0.849. The Labute approximate surface area is 79.1 Å². The van der Waals surface area contributed by atoms with Crippen molar-refractivity contribution in [1.29, 1.82) is 0 Å². The molecule has 0 N–H and O–H groups in total. The van der Waals surface area contributed by atoms with Crippen LogP contribution in [0.3, 0.4) is 0 Å². The van der Waals surface area contributed by atoms with Gasteiger partial charge in [-0.3, -0.25) is 0 Å². The van der Waals surface area contributed by atoms with Gasteiger partial charge in [0.15, 0.2) is 0 Å². The van der Waals surface area contributed by atoms with E-state index in [9.17, 15) is 0 Å². The highest BCUT2D eigenvalue weighted by Crippen LogP contribution is 2.16. The van der Waals surface area contributed by atoms with Crippen LogP contribution in [0.4, 0.5) is 0 Å². The topological polar surface area (TPSA) is 0 Å². The van der Waals surface area contributed by atoms with E-state index in [1.165, 1.54) is 25.3 Å². The summed E-state index contributed by atoms with van der Waals surface area (Å²) >= 11 is 0. The van der Waals surface area contributed by atoms with E-state index in [-0.39, 0.29) is 0 Å². The molecule has 0 amide bonds. The third kappa shape index (κ3) is 8.06. The average Bonchev–Trinajstić information content (AvgIpc) is 1.84. The van der Waals surface area contributed by atoms with Gasteiger partial charge in [0, 0.05) is 8.07 Å². The van der Waals surface area contributed by atoms with Gasteiger partial charge < -0.3 is 0 Å². The van der Waals surface area contributed by atoms with Crippen LogP contribution in [0.15, 0.2) is 11.6 Å². The molecular formula is C11H24Si. The molecule has 0 saturated heterocycles. The Kier molecular flexibility index (Phi) is 5.56. The smallest absolute Gasteiger partial charge is 0.0483 e. The molecule has 0 radical (unpaired) electrons. The summed E-state index contributed by atoms with van der Waals surface area (Å²) in [5, 5.41) is 0. The second-order valence-corrected chi connectivity index (χ2v) is 10.4. The van der Waals surface area contributed by atoms with Gasteiger partial charge >= 0.3 is 0 Å². The number of allylic oxidation sites excluding steroid dienone is 2. The second-order valence-electron chi connectivity index (χ2n) is 4.93. The number of hydrogen-bond donors (Lipinski definition) is 0. The second kappa shape index (κ2) is 5.58. The van der Waals surface area contributed by atoms with Crippen LogP contribution in [0.5, 0.6) is 0 Å². The Hall–Kier alpha value is -0.0431. The molecule has 72 valence electrons. The Morgan fingerprint density at radius 1 is 1.25 bits per heavy atom. The molecule has 0 spiro atoms. The molecule has 0 saturated carbocycles. The predicted molar refractivity (Wildman–Crippen MR) is 61.4 cm³/mol. The van der Waals surface area contributed by atoms with Gasteiger partial charge in [-0.2, -0.15) is 0 Å². The normalized spacial score (nSPS) is 13.6. The predicted octanol–water partition coefficient (Wildman–Crippen LogP) is 4.46. The fourth-order valence-electron chi connectivity index (χ4n) is 1.46. The Morgan fingerprint density at radius 3 is 2.25 bits per heavy atom. The van der Waals surface area contributed by atoms with Crippen molar-refractivity contribution in [2.45, 2.75) is 58.8 Å². The van der Waals surface area contributed by atoms with Crippen molar-refractivity contribution in [3.8, 4) is 0 Å². The highest BCUT2D eigenvalue weighted by molar-refractivity contribution is 6.76. The number of hydrogen-bond acceptors (Lipinski definition) is 0. The van der Waals surface area contributed by atoms with Crippen molar-refractivity contribution in [2.75, 3.05) is 0 Å². The van der Waals surface area contributed by atoms with Crippen LogP contribution >= 0.6 is 0 Å². The molecule has 0 atom stereocenters. The maximum absolute atomic E-state index is 2.43. The van der Waals surface area contributed by atoms with Crippen molar-refractivity contribution in [1.82, 2.24) is 0 Å². The van der Waals surface area contributed by atoms with Crippen LogP contribution < -0.4 is 0 Å². The maximum atomic E-state index is 2.43. The van der Waals surface area contributed by atoms with Crippen molar-refractivity contribution < 1.29 is 0 Å². The fraction of sp³-hybridized carbons (Fsp3) is 0.818. The van der Waals surface area contributed by atoms with E-state index in [1.54, 1.807) is 5.57 Å². The zero-order valence-electron chi connectivity index (χ0n) is 9.41. The molecule has 0 fully saturated rings. The standard InChI is InChI=1S/C11H24Si/c1-6-7-8-9-11(2)10-12(3,4)5/h9H,6-8,10H2,1-5H3/b11-9+. The van der Waals surface area contributed by atoms with Gasteiger partial charge in [0.2, 0.25) is 0 Å². The Balaban J connectivity index is 3.70. The summed E-state index contributed by atoms with van der Waals surface area (Å²) in [6.45, 7) is 11.8. The van der Waals surface area contributed by atoms with Crippen molar-refractivity contribution >= 4 is 8.07 Å². The zero-order valence-corrected chi connectivity index (χ0v) is 10.4. The van der Waals surface area contributed by atoms with Crippen LogP contribution in [0.2, 0.25) is 25.7 Å². The van der Waals surface area contributed by atoms with Gasteiger partial charge in [0.1, 0.15) is 0 Å². The zero-order chi connectivity index (χ0) is 9.61. The molecule has 0 rings (SSSR count). The quantitative estimate of drug-likeness (QED) is 0.336. The lowest BCUT2D eigenvalue weighted by Crippen LogP contribution is -2.19. The van der Waals surface area contributed by atoms with Crippen LogP contribution in [0, 0.1) is 0 Å².